The van der Waals surface area contributed by atoms with Crippen molar-refractivity contribution < 1.29 is 0 Å². The normalized spacial score (nSPS) is 33.4. The first-order chi connectivity index (χ1) is 7.79. The van der Waals surface area contributed by atoms with Gasteiger partial charge in [-0.1, -0.05) is 26.2 Å². The lowest BCUT2D eigenvalue weighted by molar-refractivity contribution is 0.152. The van der Waals surface area contributed by atoms with E-state index in [1.165, 1.54) is 64.6 Å². The minimum atomic E-state index is 0.494. The van der Waals surface area contributed by atoms with Crippen LogP contribution in [0.4, 0.5) is 0 Å². The lowest BCUT2D eigenvalue weighted by Crippen LogP contribution is -2.40. The third kappa shape index (κ3) is 3.21. The topological polar surface area (TPSA) is 29.3 Å². The number of nitrogens with zero attached hydrogens (tertiary/aromatic N) is 1. The summed E-state index contributed by atoms with van der Waals surface area (Å²) >= 11 is 0. The molecular formula is C14H28N2. The van der Waals surface area contributed by atoms with E-state index in [4.69, 9.17) is 5.73 Å². The van der Waals surface area contributed by atoms with Crippen molar-refractivity contribution in [1.82, 2.24) is 4.90 Å². The molecule has 0 aromatic rings. The Labute approximate surface area is 101 Å². The van der Waals surface area contributed by atoms with E-state index < -0.39 is 0 Å². The largest absolute Gasteiger partial charge is 0.327 e. The Morgan fingerprint density at radius 3 is 2.44 bits per heavy atom. The SMILES string of the molecule is CCCC1CCN(CC2CCCC2N)CC1. The van der Waals surface area contributed by atoms with E-state index in [9.17, 15) is 0 Å². The average Bonchev–Trinajstić information content (AvgIpc) is 2.68. The molecule has 1 aliphatic carbocycles. The van der Waals surface area contributed by atoms with Crippen LogP contribution in [0.5, 0.6) is 0 Å². The molecule has 2 nitrogen and oxygen atoms in total. The van der Waals surface area contributed by atoms with Crippen LogP contribution in [0.1, 0.15) is 51.9 Å². The van der Waals surface area contributed by atoms with Crippen LogP contribution in [0.15, 0.2) is 0 Å². The maximum absolute atomic E-state index is 6.14. The molecule has 2 atom stereocenters. The minimum Gasteiger partial charge on any atom is -0.327 e. The molecule has 1 saturated carbocycles. The predicted molar refractivity (Wildman–Crippen MR) is 69.4 cm³/mol. The first-order valence-electron chi connectivity index (χ1n) is 7.27. The Bertz CT molecular complexity index is 197. The van der Waals surface area contributed by atoms with Crippen molar-refractivity contribution in [3.05, 3.63) is 0 Å². The van der Waals surface area contributed by atoms with Crippen LogP contribution >= 0.6 is 0 Å². The number of piperidine rings is 1. The van der Waals surface area contributed by atoms with Crippen molar-refractivity contribution in [2.75, 3.05) is 19.6 Å². The van der Waals surface area contributed by atoms with Gasteiger partial charge < -0.3 is 10.6 Å². The summed E-state index contributed by atoms with van der Waals surface area (Å²) in [6, 6.07) is 0.494. The summed E-state index contributed by atoms with van der Waals surface area (Å²) in [5.41, 5.74) is 6.14. The van der Waals surface area contributed by atoms with Gasteiger partial charge in [-0.05, 0) is 50.6 Å². The van der Waals surface area contributed by atoms with Gasteiger partial charge in [0.25, 0.3) is 0 Å². The quantitative estimate of drug-likeness (QED) is 0.795. The highest BCUT2D eigenvalue weighted by molar-refractivity contribution is 4.84. The first kappa shape index (κ1) is 12.4. The zero-order valence-corrected chi connectivity index (χ0v) is 10.8. The molecule has 2 fully saturated rings. The van der Waals surface area contributed by atoms with E-state index >= 15 is 0 Å². The number of nitrogens with two attached hydrogens (primary N) is 1. The third-order valence-electron chi connectivity index (χ3n) is 4.61. The molecule has 1 aliphatic heterocycles. The van der Waals surface area contributed by atoms with E-state index in [1.54, 1.807) is 0 Å². The summed E-state index contributed by atoms with van der Waals surface area (Å²) in [6.45, 7) is 6.24. The fourth-order valence-electron chi connectivity index (χ4n) is 3.49. The van der Waals surface area contributed by atoms with Gasteiger partial charge >= 0.3 is 0 Å². The molecular weight excluding hydrogens is 196 g/mol. The Kier molecular flexibility index (Phi) is 4.66. The van der Waals surface area contributed by atoms with Gasteiger partial charge in [-0.25, -0.2) is 0 Å². The van der Waals surface area contributed by atoms with Gasteiger partial charge in [-0.15, -0.1) is 0 Å². The second kappa shape index (κ2) is 6.02. The number of likely N-dealkylation sites (tertiary alicyclic amines) is 1. The number of rotatable bonds is 4. The molecule has 1 saturated heterocycles. The van der Waals surface area contributed by atoms with Crippen molar-refractivity contribution in [1.29, 1.82) is 0 Å². The first-order valence-corrected chi connectivity index (χ1v) is 7.27. The van der Waals surface area contributed by atoms with Gasteiger partial charge in [-0.3, -0.25) is 0 Å². The van der Waals surface area contributed by atoms with Gasteiger partial charge in [-0.2, -0.15) is 0 Å². The van der Waals surface area contributed by atoms with Crippen molar-refractivity contribution in [3.8, 4) is 0 Å². The van der Waals surface area contributed by atoms with Crippen molar-refractivity contribution in [3.63, 3.8) is 0 Å². The third-order valence-corrected chi connectivity index (χ3v) is 4.61. The molecule has 16 heavy (non-hydrogen) atoms. The van der Waals surface area contributed by atoms with Gasteiger partial charge in [0.05, 0.1) is 0 Å². The van der Waals surface area contributed by atoms with Crippen molar-refractivity contribution in [2.24, 2.45) is 17.6 Å². The fourth-order valence-corrected chi connectivity index (χ4v) is 3.49. The van der Waals surface area contributed by atoms with Crippen LogP contribution in [0.2, 0.25) is 0 Å². The highest BCUT2D eigenvalue weighted by Crippen LogP contribution is 2.27. The van der Waals surface area contributed by atoms with Gasteiger partial charge in [0.15, 0.2) is 0 Å². The highest BCUT2D eigenvalue weighted by Gasteiger charge is 2.27. The van der Waals surface area contributed by atoms with Crippen LogP contribution in [-0.2, 0) is 0 Å². The molecule has 0 spiro atoms. The maximum atomic E-state index is 6.14. The van der Waals surface area contributed by atoms with Crippen LogP contribution in [0.3, 0.4) is 0 Å². The lowest BCUT2D eigenvalue weighted by Gasteiger charge is -2.34. The Balaban J connectivity index is 1.68. The molecule has 0 aromatic heterocycles. The second-order valence-electron chi connectivity index (χ2n) is 5.89. The summed E-state index contributed by atoms with van der Waals surface area (Å²) in [7, 11) is 0. The van der Waals surface area contributed by atoms with Crippen LogP contribution in [-0.4, -0.2) is 30.6 Å². The zero-order chi connectivity index (χ0) is 11.4. The molecule has 2 heteroatoms. The molecule has 2 unspecified atom stereocenters. The van der Waals surface area contributed by atoms with Gasteiger partial charge in [0, 0.05) is 12.6 Å². The predicted octanol–water partition coefficient (Wildman–Crippen LogP) is 2.63. The Hall–Kier alpha value is -0.0800. The number of hydrogen-bond donors (Lipinski definition) is 1. The standard InChI is InChI=1S/C14H28N2/c1-2-4-12-7-9-16(10-8-12)11-13-5-3-6-14(13)15/h12-14H,2-11,15H2,1H3. The van der Waals surface area contributed by atoms with E-state index in [2.05, 4.69) is 11.8 Å². The molecule has 0 aromatic carbocycles. The highest BCUT2D eigenvalue weighted by atomic mass is 15.1. The smallest absolute Gasteiger partial charge is 0.00793 e. The van der Waals surface area contributed by atoms with Crippen LogP contribution in [0.25, 0.3) is 0 Å². The monoisotopic (exact) mass is 224 g/mol. The zero-order valence-electron chi connectivity index (χ0n) is 10.8. The van der Waals surface area contributed by atoms with E-state index in [0.717, 1.165) is 11.8 Å². The van der Waals surface area contributed by atoms with Crippen LogP contribution in [0, 0.1) is 11.8 Å². The van der Waals surface area contributed by atoms with Crippen molar-refractivity contribution >= 4 is 0 Å². The van der Waals surface area contributed by atoms with Crippen molar-refractivity contribution in [2.45, 2.75) is 57.9 Å². The lowest BCUT2D eigenvalue weighted by atomic mass is 9.91. The molecule has 94 valence electrons. The minimum absolute atomic E-state index is 0.494. The maximum Gasteiger partial charge on any atom is 0.00793 e. The van der Waals surface area contributed by atoms with Crippen LogP contribution < -0.4 is 5.73 Å². The Morgan fingerprint density at radius 1 is 1.12 bits per heavy atom. The summed E-state index contributed by atoms with van der Waals surface area (Å²) < 4.78 is 0. The summed E-state index contributed by atoms with van der Waals surface area (Å²) in [5, 5.41) is 0. The van der Waals surface area contributed by atoms with E-state index in [0.29, 0.717) is 6.04 Å². The van der Waals surface area contributed by atoms with E-state index in [1.807, 2.05) is 0 Å². The molecule has 0 amide bonds. The van der Waals surface area contributed by atoms with Gasteiger partial charge in [0.2, 0.25) is 0 Å². The van der Waals surface area contributed by atoms with Gasteiger partial charge in [0.1, 0.15) is 0 Å². The van der Waals surface area contributed by atoms with E-state index in [-0.39, 0.29) is 0 Å². The summed E-state index contributed by atoms with van der Waals surface area (Å²) in [6.07, 6.45) is 9.64. The molecule has 2 aliphatic rings. The Morgan fingerprint density at radius 2 is 1.88 bits per heavy atom. The molecule has 2 rings (SSSR count). The second-order valence-corrected chi connectivity index (χ2v) is 5.89. The molecule has 0 bridgehead atoms. The molecule has 1 heterocycles. The summed E-state index contributed by atoms with van der Waals surface area (Å²) in [4.78, 5) is 2.67. The fraction of sp³-hybridized carbons (Fsp3) is 1.00. The molecule has 0 radical (unpaired) electrons. The number of hydrogen-bond acceptors (Lipinski definition) is 2. The average molecular weight is 224 g/mol. The molecule has 2 N–H and O–H groups in total. The summed E-state index contributed by atoms with van der Waals surface area (Å²) in [5.74, 6) is 1.81.